The summed E-state index contributed by atoms with van der Waals surface area (Å²) >= 11 is 0. The minimum absolute atomic E-state index is 0.123. The highest BCUT2D eigenvalue weighted by atomic mass is 16.5. The van der Waals surface area contributed by atoms with E-state index in [-0.39, 0.29) is 18.2 Å². The molecule has 228 valence electrons. The average Bonchev–Trinajstić information content (AvgIpc) is 3.11. The lowest BCUT2D eigenvalue weighted by molar-refractivity contribution is -0.137. The Kier molecular flexibility index (Phi) is 10.6. The standard InChI is InChI=1S/C34H42N4O5/c1-23(39)19-36-34(2,3)18-31(40)37-30-17-26-9-5-6-11-28(26)22-38(32(30)41)21-24-13-15-25(16-14-24)29-12-8-7-10-27(29)20-35-33(42)43-4/h5-16,23,30,36,39H,17-22H2,1-4H3,(H,35,42)(H,37,40)/t23-,30-/m1/s1. The van der Waals surface area contributed by atoms with Crippen LogP contribution in [0.4, 0.5) is 4.79 Å². The number of carbonyl (C=O) groups is 3. The van der Waals surface area contributed by atoms with Crippen LogP contribution in [0.3, 0.4) is 0 Å². The molecule has 2 atom stereocenters. The number of β-amino-alcohol motifs (C(OH)–C–C–N with tert-alkyl or cyclic N) is 1. The maximum Gasteiger partial charge on any atom is 0.407 e. The minimum atomic E-state index is -0.683. The third-order valence-electron chi connectivity index (χ3n) is 7.59. The molecule has 0 fully saturated rings. The Morgan fingerprint density at radius 3 is 2.40 bits per heavy atom. The number of hydrogen-bond donors (Lipinski definition) is 4. The van der Waals surface area contributed by atoms with Gasteiger partial charge in [-0.1, -0.05) is 72.8 Å². The molecule has 1 heterocycles. The molecule has 3 amide bonds. The van der Waals surface area contributed by atoms with Gasteiger partial charge in [0, 0.05) is 44.6 Å². The number of fused-ring (bicyclic) bond motifs is 1. The van der Waals surface area contributed by atoms with Crippen LogP contribution in [0.5, 0.6) is 0 Å². The van der Waals surface area contributed by atoms with Crippen LogP contribution >= 0.6 is 0 Å². The topological polar surface area (TPSA) is 120 Å². The molecule has 43 heavy (non-hydrogen) atoms. The Morgan fingerprint density at radius 2 is 1.70 bits per heavy atom. The maximum atomic E-state index is 13.8. The number of methoxy groups -OCH3 is 1. The number of alkyl carbamates (subject to hydrolysis) is 1. The summed E-state index contributed by atoms with van der Waals surface area (Å²) in [5, 5.41) is 18.6. The van der Waals surface area contributed by atoms with Crippen molar-refractivity contribution in [1.29, 1.82) is 0 Å². The van der Waals surface area contributed by atoms with Gasteiger partial charge in [-0.3, -0.25) is 9.59 Å². The highest BCUT2D eigenvalue weighted by Crippen LogP contribution is 2.26. The summed E-state index contributed by atoms with van der Waals surface area (Å²) in [7, 11) is 1.34. The molecule has 0 bridgehead atoms. The van der Waals surface area contributed by atoms with Crippen molar-refractivity contribution >= 4 is 17.9 Å². The number of benzene rings is 3. The molecular weight excluding hydrogens is 544 g/mol. The fourth-order valence-electron chi connectivity index (χ4n) is 5.31. The lowest BCUT2D eigenvalue weighted by atomic mass is 9.98. The van der Waals surface area contributed by atoms with Gasteiger partial charge < -0.3 is 30.7 Å². The second-order valence-electron chi connectivity index (χ2n) is 11.8. The number of aliphatic hydroxyl groups excluding tert-OH is 1. The van der Waals surface area contributed by atoms with Gasteiger partial charge in [-0.2, -0.15) is 0 Å². The fraction of sp³-hybridized carbons (Fsp3) is 0.382. The molecule has 0 aromatic heterocycles. The molecule has 0 saturated heterocycles. The summed E-state index contributed by atoms with van der Waals surface area (Å²) in [6.07, 6.45) is -0.416. The number of aliphatic hydroxyl groups is 1. The molecular formula is C34H42N4O5. The number of carbonyl (C=O) groups excluding carboxylic acids is 3. The number of amides is 3. The van der Waals surface area contributed by atoms with Crippen molar-refractivity contribution in [1.82, 2.24) is 20.9 Å². The van der Waals surface area contributed by atoms with Crippen LogP contribution < -0.4 is 16.0 Å². The zero-order valence-corrected chi connectivity index (χ0v) is 25.4. The van der Waals surface area contributed by atoms with Crippen molar-refractivity contribution in [3.05, 3.63) is 95.1 Å². The van der Waals surface area contributed by atoms with Crippen molar-refractivity contribution in [3.63, 3.8) is 0 Å². The second-order valence-corrected chi connectivity index (χ2v) is 11.8. The largest absolute Gasteiger partial charge is 0.453 e. The maximum absolute atomic E-state index is 13.8. The van der Waals surface area contributed by atoms with Gasteiger partial charge in [0.15, 0.2) is 0 Å². The molecule has 4 N–H and O–H groups in total. The first-order chi connectivity index (χ1) is 20.5. The molecule has 3 aromatic carbocycles. The predicted octanol–water partition coefficient (Wildman–Crippen LogP) is 3.92. The number of hydrogen-bond acceptors (Lipinski definition) is 6. The second kappa shape index (κ2) is 14.3. The van der Waals surface area contributed by atoms with Crippen molar-refractivity contribution in [2.75, 3.05) is 13.7 Å². The monoisotopic (exact) mass is 586 g/mol. The van der Waals surface area contributed by atoms with Gasteiger partial charge in [-0.15, -0.1) is 0 Å². The molecule has 1 aliphatic heterocycles. The first kappa shape index (κ1) is 31.7. The van der Waals surface area contributed by atoms with Gasteiger partial charge in [0.2, 0.25) is 11.8 Å². The third kappa shape index (κ3) is 8.89. The van der Waals surface area contributed by atoms with Crippen LogP contribution in [0.25, 0.3) is 11.1 Å². The number of nitrogens with zero attached hydrogens (tertiary/aromatic N) is 1. The Balaban J connectivity index is 1.49. The highest BCUT2D eigenvalue weighted by Gasteiger charge is 2.32. The van der Waals surface area contributed by atoms with E-state index in [1.165, 1.54) is 7.11 Å². The molecule has 1 aliphatic rings. The Labute approximate surface area is 253 Å². The van der Waals surface area contributed by atoms with Crippen LogP contribution in [0.2, 0.25) is 0 Å². The quantitative estimate of drug-likeness (QED) is 0.271. The lowest BCUT2D eigenvalue weighted by Crippen LogP contribution is -2.51. The average molecular weight is 587 g/mol. The van der Waals surface area contributed by atoms with E-state index in [1.54, 1.807) is 11.8 Å². The molecule has 4 rings (SSSR count). The van der Waals surface area contributed by atoms with E-state index in [9.17, 15) is 19.5 Å². The van der Waals surface area contributed by atoms with E-state index >= 15 is 0 Å². The van der Waals surface area contributed by atoms with Crippen molar-refractivity contribution < 1.29 is 24.2 Å². The first-order valence-corrected chi connectivity index (χ1v) is 14.6. The fourth-order valence-corrected chi connectivity index (χ4v) is 5.31. The van der Waals surface area contributed by atoms with E-state index in [0.29, 0.717) is 32.6 Å². The van der Waals surface area contributed by atoms with Crippen molar-refractivity contribution in [3.8, 4) is 11.1 Å². The normalized spacial score (nSPS) is 15.7. The number of ether oxygens (including phenoxy) is 1. The van der Waals surface area contributed by atoms with Crippen LogP contribution in [0.15, 0.2) is 72.8 Å². The summed E-state index contributed by atoms with van der Waals surface area (Å²) in [4.78, 5) is 40.3. The lowest BCUT2D eigenvalue weighted by Gasteiger charge is -2.29. The Hall–Kier alpha value is -4.21. The number of nitrogens with one attached hydrogen (secondary N) is 3. The van der Waals surface area contributed by atoms with Gasteiger partial charge in [-0.05, 0) is 54.2 Å². The van der Waals surface area contributed by atoms with Gasteiger partial charge >= 0.3 is 6.09 Å². The summed E-state index contributed by atoms with van der Waals surface area (Å²) in [6, 6.07) is 23.2. The smallest absolute Gasteiger partial charge is 0.407 e. The van der Waals surface area contributed by atoms with E-state index < -0.39 is 23.8 Å². The third-order valence-corrected chi connectivity index (χ3v) is 7.59. The van der Waals surface area contributed by atoms with Crippen LogP contribution in [0.1, 0.15) is 49.4 Å². The molecule has 0 radical (unpaired) electrons. The van der Waals surface area contributed by atoms with Gasteiger partial charge in [0.05, 0.1) is 13.2 Å². The molecule has 3 aromatic rings. The number of rotatable bonds is 11. The van der Waals surface area contributed by atoms with Gasteiger partial charge in [-0.25, -0.2) is 4.79 Å². The van der Waals surface area contributed by atoms with Gasteiger partial charge in [0.1, 0.15) is 6.04 Å². The SMILES string of the molecule is COC(=O)NCc1ccccc1-c1ccc(CN2Cc3ccccc3C[C@@H](NC(=O)CC(C)(C)NC[C@@H](C)O)C2=O)cc1. The summed E-state index contributed by atoms with van der Waals surface area (Å²) in [5.41, 5.74) is 5.49. The van der Waals surface area contributed by atoms with Crippen molar-refractivity contribution in [2.45, 2.75) is 70.9 Å². The Bertz CT molecular complexity index is 1420. The van der Waals surface area contributed by atoms with Crippen LogP contribution in [-0.2, 0) is 40.4 Å². The van der Waals surface area contributed by atoms with E-state index in [0.717, 1.165) is 33.4 Å². The zero-order chi connectivity index (χ0) is 31.0. The summed E-state index contributed by atoms with van der Waals surface area (Å²) in [6.45, 7) is 7.06. The molecule has 0 aliphatic carbocycles. The molecule has 0 spiro atoms. The highest BCUT2D eigenvalue weighted by molar-refractivity contribution is 5.89. The first-order valence-electron chi connectivity index (χ1n) is 14.6. The zero-order valence-electron chi connectivity index (χ0n) is 25.4. The van der Waals surface area contributed by atoms with Crippen molar-refractivity contribution in [2.24, 2.45) is 0 Å². The van der Waals surface area contributed by atoms with Gasteiger partial charge in [0.25, 0.3) is 0 Å². The molecule has 0 saturated carbocycles. The minimum Gasteiger partial charge on any atom is -0.453 e. The van der Waals surface area contributed by atoms with Crippen LogP contribution in [-0.4, -0.2) is 59.3 Å². The van der Waals surface area contributed by atoms with E-state index in [2.05, 4.69) is 16.0 Å². The predicted molar refractivity (Wildman–Crippen MR) is 166 cm³/mol. The summed E-state index contributed by atoms with van der Waals surface area (Å²) < 4.78 is 4.70. The molecule has 9 heteroatoms. The Morgan fingerprint density at radius 1 is 1.02 bits per heavy atom. The molecule has 9 nitrogen and oxygen atoms in total. The molecule has 0 unspecified atom stereocenters. The van der Waals surface area contributed by atoms with Crippen LogP contribution in [0, 0.1) is 0 Å². The van der Waals surface area contributed by atoms with E-state index in [1.807, 2.05) is 86.6 Å². The summed E-state index contributed by atoms with van der Waals surface area (Å²) in [5.74, 6) is -0.340. The van der Waals surface area contributed by atoms with E-state index in [4.69, 9.17) is 4.74 Å².